The first-order chi connectivity index (χ1) is 17.0. The summed E-state index contributed by atoms with van der Waals surface area (Å²) in [6.07, 6.45) is 6.19. The minimum atomic E-state index is -0.450. The molecule has 7 nitrogen and oxygen atoms in total. The second kappa shape index (κ2) is 11.4. The average molecular weight is 485 g/mol. The van der Waals surface area contributed by atoms with Gasteiger partial charge in [0.1, 0.15) is 5.82 Å². The number of hydrogen-bond donors (Lipinski definition) is 2. The van der Waals surface area contributed by atoms with E-state index in [1.54, 1.807) is 29.2 Å². The van der Waals surface area contributed by atoms with Crippen molar-refractivity contribution in [2.45, 2.75) is 12.3 Å². The maximum absolute atomic E-state index is 13.2. The molecule has 1 unspecified atom stereocenters. The number of aromatic nitrogens is 3. The van der Waals surface area contributed by atoms with Crippen molar-refractivity contribution in [1.82, 2.24) is 20.1 Å². The quantitative estimate of drug-likeness (QED) is 0.339. The number of nitrogens with zero attached hydrogens (tertiary/aromatic N) is 4. The number of amides is 1. The van der Waals surface area contributed by atoms with Crippen molar-refractivity contribution in [3.8, 4) is 17.2 Å². The Labute approximate surface area is 209 Å². The van der Waals surface area contributed by atoms with Crippen LogP contribution < -0.4 is 10.6 Å². The van der Waals surface area contributed by atoms with E-state index < -0.39 is 5.92 Å². The number of aryl methyl sites for hydroxylation is 1. The molecule has 0 aliphatic heterocycles. The molecule has 0 radical (unpaired) electrons. The van der Waals surface area contributed by atoms with Gasteiger partial charge in [-0.25, -0.2) is 4.98 Å². The molecule has 4 rings (SSSR count). The van der Waals surface area contributed by atoms with E-state index in [9.17, 15) is 4.79 Å². The van der Waals surface area contributed by atoms with Crippen LogP contribution >= 0.6 is 11.6 Å². The van der Waals surface area contributed by atoms with Crippen molar-refractivity contribution >= 4 is 23.3 Å². The molecule has 4 aromatic rings. The molecule has 0 spiro atoms. The third kappa shape index (κ3) is 6.54. The minimum absolute atomic E-state index is 0.167. The van der Waals surface area contributed by atoms with Gasteiger partial charge < -0.3 is 10.6 Å². The predicted molar refractivity (Wildman–Crippen MR) is 137 cm³/mol. The number of carbonyl (C=O) groups is 1. The first-order valence-electron chi connectivity index (χ1n) is 11.2. The summed E-state index contributed by atoms with van der Waals surface area (Å²) in [7, 11) is 1.86. The van der Waals surface area contributed by atoms with E-state index >= 15 is 0 Å². The van der Waals surface area contributed by atoms with Crippen molar-refractivity contribution in [3.05, 3.63) is 101 Å². The van der Waals surface area contributed by atoms with Gasteiger partial charge in [-0.2, -0.15) is 10.4 Å². The molecule has 0 saturated heterocycles. The zero-order chi connectivity index (χ0) is 24.6. The van der Waals surface area contributed by atoms with E-state index in [4.69, 9.17) is 16.9 Å². The van der Waals surface area contributed by atoms with Crippen LogP contribution in [0.4, 0.5) is 5.82 Å². The fourth-order valence-electron chi connectivity index (χ4n) is 3.73. The Morgan fingerprint density at radius 2 is 1.94 bits per heavy atom. The summed E-state index contributed by atoms with van der Waals surface area (Å²) in [5.74, 6) is -0.138. The molecule has 0 aliphatic carbocycles. The molecule has 0 saturated carbocycles. The van der Waals surface area contributed by atoms with Gasteiger partial charge in [0, 0.05) is 42.1 Å². The van der Waals surface area contributed by atoms with E-state index in [2.05, 4.69) is 26.8 Å². The van der Waals surface area contributed by atoms with Crippen LogP contribution in [0.25, 0.3) is 11.1 Å². The smallest absolute Gasteiger partial charge is 0.234 e. The normalized spacial score (nSPS) is 11.6. The summed E-state index contributed by atoms with van der Waals surface area (Å²) in [4.78, 5) is 17.6. The highest BCUT2D eigenvalue weighted by Crippen LogP contribution is 2.22. The van der Waals surface area contributed by atoms with Gasteiger partial charge in [0.15, 0.2) is 0 Å². The van der Waals surface area contributed by atoms with E-state index in [0.717, 1.165) is 28.7 Å². The summed E-state index contributed by atoms with van der Waals surface area (Å²) in [5, 5.41) is 20.0. The molecule has 2 aromatic heterocycles. The molecule has 0 aliphatic rings. The van der Waals surface area contributed by atoms with Crippen LogP contribution in [0.5, 0.6) is 0 Å². The number of pyridine rings is 1. The van der Waals surface area contributed by atoms with Crippen LogP contribution in [0.1, 0.15) is 22.6 Å². The van der Waals surface area contributed by atoms with E-state index in [-0.39, 0.29) is 5.91 Å². The molecule has 1 atom stereocenters. The van der Waals surface area contributed by atoms with Crippen LogP contribution in [-0.4, -0.2) is 33.8 Å². The van der Waals surface area contributed by atoms with Crippen molar-refractivity contribution < 1.29 is 4.79 Å². The molecular formula is C27H25ClN6O. The topological polar surface area (TPSA) is 95.6 Å². The van der Waals surface area contributed by atoms with Crippen LogP contribution in [0.3, 0.4) is 0 Å². The Kier molecular flexibility index (Phi) is 7.88. The molecule has 1 amide bonds. The Hall–Kier alpha value is -3.99. The number of carbonyl (C=O) groups excluding carboxylic acids is 1. The van der Waals surface area contributed by atoms with Gasteiger partial charge in [-0.15, -0.1) is 0 Å². The van der Waals surface area contributed by atoms with Gasteiger partial charge in [-0.05, 0) is 60.5 Å². The maximum Gasteiger partial charge on any atom is 0.234 e. The third-order valence-electron chi connectivity index (χ3n) is 5.64. The van der Waals surface area contributed by atoms with Crippen LogP contribution in [0.2, 0.25) is 5.02 Å². The number of benzene rings is 2. The first-order valence-corrected chi connectivity index (χ1v) is 11.6. The fraction of sp³-hybridized carbons (Fsp3) is 0.185. The van der Waals surface area contributed by atoms with Gasteiger partial charge in [0.2, 0.25) is 5.91 Å². The zero-order valence-corrected chi connectivity index (χ0v) is 20.0. The molecule has 0 fully saturated rings. The van der Waals surface area contributed by atoms with Crippen LogP contribution in [0.15, 0.2) is 79.3 Å². The lowest BCUT2D eigenvalue weighted by molar-refractivity contribution is -0.117. The third-order valence-corrected chi connectivity index (χ3v) is 5.88. The van der Waals surface area contributed by atoms with E-state index in [0.29, 0.717) is 29.5 Å². The molecule has 176 valence electrons. The van der Waals surface area contributed by atoms with Gasteiger partial charge in [0.05, 0.1) is 23.7 Å². The van der Waals surface area contributed by atoms with Crippen LogP contribution in [0, 0.1) is 11.3 Å². The van der Waals surface area contributed by atoms with Crippen molar-refractivity contribution in [1.29, 1.82) is 5.26 Å². The van der Waals surface area contributed by atoms with Gasteiger partial charge in [-0.3, -0.25) is 9.48 Å². The Morgan fingerprint density at radius 1 is 1.11 bits per heavy atom. The van der Waals surface area contributed by atoms with Crippen LogP contribution in [-0.2, 0) is 18.3 Å². The van der Waals surface area contributed by atoms with E-state index in [1.165, 1.54) is 0 Å². The number of nitrogens with one attached hydrogen (secondary N) is 2. The molecular weight excluding hydrogens is 460 g/mol. The lowest BCUT2D eigenvalue weighted by Crippen LogP contribution is -2.32. The monoisotopic (exact) mass is 484 g/mol. The van der Waals surface area contributed by atoms with Gasteiger partial charge >= 0.3 is 0 Å². The number of nitriles is 1. The largest absolute Gasteiger partial charge is 0.315 e. The summed E-state index contributed by atoms with van der Waals surface area (Å²) >= 11 is 6.20. The highest BCUT2D eigenvalue weighted by Gasteiger charge is 2.21. The number of anilines is 1. The SMILES string of the molecule is Cn1cc(-c2ccc(NC(=O)C(CNCCc3ccc(C#N)cc3)c3cccc(Cl)c3)nc2)cn1. The molecule has 2 aromatic carbocycles. The standard InChI is InChI=1S/C27H25ClN6O/c1-34-18-23(16-32-34)22-9-10-26(31-15-22)33-27(35)25(21-3-2-4-24(28)13-21)17-30-12-11-19-5-7-20(14-29)8-6-19/h2-10,13,15-16,18,25,30H,11-12,17H2,1H3,(H,31,33,35). The van der Waals surface area contributed by atoms with E-state index in [1.807, 2.05) is 61.8 Å². The lowest BCUT2D eigenvalue weighted by Gasteiger charge is -2.18. The molecule has 2 N–H and O–H groups in total. The molecule has 2 heterocycles. The summed E-state index contributed by atoms with van der Waals surface area (Å²) in [6, 6.07) is 20.7. The fourth-order valence-corrected chi connectivity index (χ4v) is 3.93. The summed E-state index contributed by atoms with van der Waals surface area (Å²) < 4.78 is 1.73. The number of halogens is 1. The summed E-state index contributed by atoms with van der Waals surface area (Å²) in [6.45, 7) is 1.13. The average Bonchev–Trinajstić information content (AvgIpc) is 3.31. The summed E-state index contributed by atoms with van der Waals surface area (Å²) in [5.41, 5.74) is 4.47. The van der Waals surface area contributed by atoms with Gasteiger partial charge in [0.25, 0.3) is 0 Å². The maximum atomic E-state index is 13.2. The highest BCUT2D eigenvalue weighted by molar-refractivity contribution is 6.30. The number of hydrogen-bond acceptors (Lipinski definition) is 5. The van der Waals surface area contributed by atoms with Crippen molar-refractivity contribution in [3.63, 3.8) is 0 Å². The predicted octanol–water partition coefficient (Wildman–Crippen LogP) is 4.56. The Bertz CT molecular complexity index is 1330. The minimum Gasteiger partial charge on any atom is -0.315 e. The zero-order valence-electron chi connectivity index (χ0n) is 19.3. The molecule has 8 heteroatoms. The Morgan fingerprint density at radius 3 is 2.60 bits per heavy atom. The second-order valence-corrected chi connectivity index (χ2v) is 8.63. The van der Waals surface area contributed by atoms with Crippen molar-refractivity contribution in [2.24, 2.45) is 7.05 Å². The lowest BCUT2D eigenvalue weighted by atomic mass is 9.98. The van der Waals surface area contributed by atoms with Gasteiger partial charge in [-0.1, -0.05) is 35.9 Å². The highest BCUT2D eigenvalue weighted by atomic mass is 35.5. The Balaban J connectivity index is 1.40. The first kappa shape index (κ1) is 24.1. The second-order valence-electron chi connectivity index (χ2n) is 8.19. The van der Waals surface area contributed by atoms with Crippen molar-refractivity contribution in [2.75, 3.05) is 18.4 Å². The molecule has 35 heavy (non-hydrogen) atoms. The molecule has 0 bridgehead atoms. The number of rotatable bonds is 9.